The summed E-state index contributed by atoms with van der Waals surface area (Å²) in [5.74, 6) is 2.29. The average Bonchev–Trinajstić information content (AvgIpc) is 2.74. The third kappa shape index (κ3) is 4.00. The Kier molecular flexibility index (Phi) is 5.30. The highest BCUT2D eigenvalue weighted by atomic mass is 16.3. The highest BCUT2D eigenvalue weighted by Crippen LogP contribution is 2.25. The minimum atomic E-state index is -0.727. The molecule has 9 heteroatoms. The fourth-order valence-electron chi connectivity index (χ4n) is 3.67. The molecule has 0 saturated carbocycles. The van der Waals surface area contributed by atoms with Crippen molar-refractivity contribution >= 4 is 11.9 Å². The fourth-order valence-corrected chi connectivity index (χ4v) is 3.67. The Balaban J connectivity index is 1.57. The van der Waals surface area contributed by atoms with Crippen LogP contribution in [0.25, 0.3) is 11.4 Å². The van der Waals surface area contributed by atoms with Gasteiger partial charge in [-0.05, 0) is 20.8 Å². The number of rotatable bonds is 4. The summed E-state index contributed by atoms with van der Waals surface area (Å²) in [7, 11) is 0. The molecule has 150 valence electrons. The molecule has 1 N–H and O–H groups in total. The minimum Gasteiger partial charge on any atom is -0.385 e. The number of hydrogen-bond acceptors (Lipinski definition) is 9. The maximum Gasteiger partial charge on any atom is 0.229 e. The van der Waals surface area contributed by atoms with Gasteiger partial charge in [-0.2, -0.15) is 9.97 Å². The second-order valence-electron chi connectivity index (χ2n) is 7.31. The molecule has 0 bridgehead atoms. The summed E-state index contributed by atoms with van der Waals surface area (Å²) >= 11 is 0. The lowest BCUT2D eigenvalue weighted by atomic mass is 10.1. The first kappa shape index (κ1) is 19.1. The zero-order chi connectivity index (χ0) is 20.4. The van der Waals surface area contributed by atoms with Gasteiger partial charge in [0, 0.05) is 30.7 Å². The maximum atomic E-state index is 9.76. The van der Waals surface area contributed by atoms with E-state index in [-0.39, 0.29) is 12.1 Å². The van der Waals surface area contributed by atoms with Crippen LogP contribution in [0.3, 0.4) is 0 Å². The Morgan fingerprint density at radius 1 is 0.897 bits per heavy atom. The molecule has 0 spiro atoms. The molecule has 1 aromatic carbocycles. The summed E-state index contributed by atoms with van der Waals surface area (Å²) in [6.45, 7) is 7.32. The van der Waals surface area contributed by atoms with E-state index in [9.17, 15) is 5.11 Å². The number of piperazine rings is 1. The van der Waals surface area contributed by atoms with E-state index in [4.69, 9.17) is 4.98 Å². The van der Waals surface area contributed by atoms with Crippen LogP contribution in [0.15, 0.2) is 43.0 Å². The van der Waals surface area contributed by atoms with Crippen LogP contribution in [0.1, 0.15) is 32.7 Å². The molecule has 29 heavy (non-hydrogen) atoms. The van der Waals surface area contributed by atoms with Gasteiger partial charge in [0.1, 0.15) is 18.8 Å². The zero-order valence-corrected chi connectivity index (χ0v) is 16.7. The van der Waals surface area contributed by atoms with Gasteiger partial charge in [0.2, 0.25) is 11.9 Å². The van der Waals surface area contributed by atoms with Gasteiger partial charge in [0.05, 0.1) is 0 Å². The summed E-state index contributed by atoms with van der Waals surface area (Å²) in [4.78, 5) is 30.5. The van der Waals surface area contributed by atoms with Crippen molar-refractivity contribution in [2.75, 3.05) is 22.9 Å². The Morgan fingerprint density at radius 3 is 2.24 bits per heavy atom. The molecule has 0 radical (unpaired) electrons. The smallest absolute Gasteiger partial charge is 0.229 e. The summed E-state index contributed by atoms with van der Waals surface area (Å²) in [6.07, 6.45) is 2.29. The molecule has 0 amide bonds. The monoisotopic (exact) mass is 392 g/mol. The van der Waals surface area contributed by atoms with Gasteiger partial charge < -0.3 is 14.9 Å². The van der Waals surface area contributed by atoms with Crippen LogP contribution >= 0.6 is 0 Å². The number of nitrogens with zero attached hydrogens (tertiary/aromatic N) is 8. The molecular formula is C20H24N8O. The van der Waals surface area contributed by atoms with E-state index in [1.54, 1.807) is 13.3 Å². The standard InChI is InChI=1S/C20H24N8O/c1-13-9-27(19-23-11-21-17(25-19)15(3)29)10-14(2)28(13)20-24-12-22-18(26-20)16-7-5-4-6-8-16/h4-8,11-15,29H,9-10H2,1-3H3/t13-,14+,15?. The lowest BCUT2D eigenvalue weighted by Crippen LogP contribution is -2.58. The second kappa shape index (κ2) is 8.04. The normalized spacial score (nSPS) is 20.6. The summed E-state index contributed by atoms with van der Waals surface area (Å²) < 4.78 is 0. The van der Waals surface area contributed by atoms with Gasteiger partial charge in [0.25, 0.3) is 0 Å². The second-order valence-corrected chi connectivity index (χ2v) is 7.31. The van der Waals surface area contributed by atoms with Gasteiger partial charge in [-0.25, -0.2) is 19.9 Å². The number of aromatic nitrogens is 6. The largest absolute Gasteiger partial charge is 0.385 e. The van der Waals surface area contributed by atoms with E-state index in [0.717, 1.165) is 5.56 Å². The molecule has 1 saturated heterocycles. The van der Waals surface area contributed by atoms with Crippen LogP contribution in [-0.2, 0) is 0 Å². The molecule has 3 heterocycles. The van der Waals surface area contributed by atoms with Crippen molar-refractivity contribution in [1.29, 1.82) is 0 Å². The van der Waals surface area contributed by atoms with E-state index in [1.165, 1.54) is 6.33 Å². The first-order valence-corrected chi connectivity index (χ1v) is 9.67. The van der Waals surface area contributed by atoms with Gasteiger partial charge in [-0.3, -0.25) is 0 Å². The molecular weight excluding hydrogens is 368 g/mol. The van der Waals surface area contributed by atoms with Crippen LogP contribution in [0, 0.1) is 0 Å². The van der Waals surface area contributed by atoms with Crippen molar-refractivity contribution in [3.63, 3.8) is 0 Å². The molecule has 1 aliphatic heterocycles. The van der Waals surface area contributed by atoms with Crippen molar-refractivity contribution in [2.24, 2.45) is 0 Å². The van der Waals surface area contributed by atoms with Crippen molar-refractivity contribution in [1.82, 2.24) is 29.9 Å². The van der Waals surface area contributed by atoms with E-state index >= 15 is 0 Å². The van der Waals surface area contributed by atoms with Crippen molar-refractivity contribution in [2.45, 2.75) is 39.0 Å². The molecule has 3 atom stereocenters. The molecule has 1 unspecified atom stereocenters. The Bertz CT molecular complexity index is 955. The third-order valence-corrected chi connectivity index (χ3v) is 4.98. The number of hydrogen-bond donors (Lipinski definition) is 1. The van der Waals surface area contributed by atoms with Crippen molar-refractivity contribution < 1.29 is 5.11 Å². The minimum absolute atomic E-state index is 0.136. The number of benzene rings is 1. The quantitative estimate of drug-likeness (QED) is 0.712. The maximum absolute atomic E-state index is 9.76. The summed E-state index contributed by atoms with van der Waals surface area (Å²) in [5.41, 5.74) is 0.964. The molecule has 4 rings (SSSR count). The van der Waals surface area contributed by atoms with Gasteiger partial charge >= 0.3 is 0 Å². The molecule has 0 aliphatic carbocycles. The van der Waals surface area contributed by atoms with Crippen molar-refractivity contribution in [3.8, 4) is 11.4 Å². The van der Waals surface area contributed by atoms with Crippen LogP contribution in [0.2, 0.25) is 0 Å². The molecule has 1 aliphatic rings. The summed E-state index contributed by atoms with van der Waals surface area (Å²) in [6, 6.07) is 10.2. The number of anilines is 2. The van der Waals surface area contributed by atoms with E-state index in [1.807, 2.05) is 30.3 Å². The summed E-state index contributed by atoms with van der Waals surface area (Å²) in [5, 5.41) is 9.76. The highest BCUT2D eigenvalue weighted by molar-refractivity contribution is 5.56. The molecule has 3 aromatic rings. The van der Waals surface area contributed by atoms with Gasteiger partial charge in [-0.15, -0.1) is 0 Å². The fraction of sp³-hybridized carbons (Fsp3) is 0.400. The number of aliphatic hydroxyl groups is 1. The SMILES string of the molecule is CC(O)c1ncnc(N2C[C@@H](C)N(c3ncnc(-c4ccccc4)n3)[C@@H](C)C2)n1. The van der Waals surface area contributed by atoms with Crippen LogP contribution in [0.5, 0.6) is 0 Å². The van der Waals surface area contributed by atoms with Crippen LogP contribution < -0.4 is 9.80 Å². The lowest BCUT2D eigenvalue weighted by molar-refractivity contribution is 0.188. The molecule has 1 fully saturated rings. The van der Waals surface area contributed by atoms with Gasteiger partial charge in [-0.1, -0.05) is 30.3 Å². The first-order chi connectivity index (χ1) is 14.0. The first-order valence-electron chi connectivity index (χ1n) is 9.67. The Labute approximate surface area is 169 Å². The van der Waals surface area contributed by atoms with E-state index < -0.39 is 6.10 Å². The van der Waals surface area contributed by atoms with E-state index in [0.29, 0.717) is 36.6 Å². The van der Waals surface area contributed by atoms with Crippen LogP contribution in [-0.4, -0.2) is 60.2 Å². The average molecular weight is 392 g/mol. The Hall–Kier alpha value is -3.20. The van der Waals surface area contributed by atoms with Crippen molar-refractivity contribution in [3.05, 3.63) is 48.8 Å². The van der Waals surface area contributed by atoms with E-state index in [2.05, 4.69) is 48.6 Å². The topological polar surface area (TPSA) is 104 Å². The van der Waals surface area contributed by atoms with Gasteiger partial charge in [0.15, 0.2) is 11.6 Å². The number of aliphatic hydroxyl groups excluding tert-OH is 1. The predicted octanol–water partition coefficient (Wildman–Crippen LogP) is 1.88. The molecule has 2 aromatic heterocycles. The lowest BCUT2D eigenvalue weighted by Gasteiger charge is -2.44. The zero-order valence-electron chi connectivity index (χ0n) is 16.7. The highest BCUT2D eigenvalue weighted by Gasteiger charge is 2.33. The molecule has 9 nitrogen and oxygen atoms in total. The third-order valence-electron chi connectivity index (χ3n) is 4.98. The Morgan fingerprint density at radius 2 is 1.55 bits per heavy atom. The van der Waals surface area contributed by atoms with Crippen LogP contribution in [0.4, 0.5) is 11.9 Å². The predicted molar refractivity (Wildman–Crippen MR) is 109 cm³/mol.